The van der Waals surface area contributed by atoms with Gasteiger partial charge in [-0.25, -0.2) is 0 Å². The maximum absolute atomic E-state index is 11.5. The van der Waals surface area contributed by atoms with E-state index in [2.05, 4.69) is 23.6 Å². The van der Waals surface area contributed by atoms with Gasteiger partial charge in [-0.15, -0.1) is 0 Å². The first kappa shape index (κ1) is 11.2. The van der Waals surface area contributed by atoms with E-state index in [0.29, 0.717) is 6.04 Å². The van der Waals surface area contributed by atoms with Crippen LogP contribution in [0.4, 0.5) is 0 Å². The quantitative estimate of drug-likeness (QED) is 0.716. The lowest BCUT2D eigenvalue weighted by atomic mass is 9.88. The third-order valence-corrected chi connectivity index (χ3v) is 3.20. The number of aromatic nitrogens is 2. The Morgan fingerprint density at radius 3 is 3.00 bits per heavy atom. The molecule has 1 atom stereocenters. The van der Waals surface area contributed by atoms with Crippen molar-refractivity contribution in [2.45, 2.75) is 39.2 Å². The summed E-state index contributed by atoms with van der Waals surface area (Å²) in [5, 5.41) is 4.38. The summed E-state index contributed by atoms with van der Waals surface area (Å²) in [6.07, 6.45) is 4.46. The van der Waals surface area contributed by atoms with Gasteiger partial charge in [0.25, 0.3) is 0 Å². The Labute approximate surface area is 95.6 Å². The van der Waals surface area contributed by atoms with Gasteiger partial charge in [-0.3, -0.25) is 9.48 Å². The topological polar surface area (TPSA) is 44.1 Å². The summed E-state index contributed by atoms with van der Waals surface area (Å²) in [6.45, 7) is 4.25. The highest BCUT2D eigenvalue weighted by Crippen LogP contribution is 2.27. The summed E-state index contributed by atoms with van der Waals surface area (Å²) >= 11 is 0. The molecule has 0 aromatic carbocycles. The van der Waals surface area contributed by atoms with Gasteiger partial charge >= 0.3 is 5.97 Å². The van der Waals surface area contributed by atoms with Crippen LogP contribution in [-0.4, -0.2) is 22.9 Å². The van der Waals surface area contributed by atoms with Crippen molar-refractivity contribution in [3.63, 3.8) is 0 Å². The summed E-state index contributed by atoms with van der Waals surface area (Å²) in [7, 11) is 1.45. The lowest BCUT2D eigenvalue weighted by Gasteiger charge is -2.21. The van der Waals surface area contributed by atoms with Crippen molar-refractivity contribution < 1.29 is 9.53 Å². The monoisotopic (exact) mass is 222 g/mol. The number of nitrogens with zero attached hydrogens (tertiary/aromatic N) is 2. The highest BCUT2D eigenvalue weighted by atomic mass is 16.5. The van der Waals surface area contributed by atoms with Gasteiger partial charge in [0.1, 0.15) is 0 Å². The van der Waals surface area contributed by atoms with Crippen molar-refractivity contribution in [3.8, 4) is 0 Å². The summed E-state index contributed by atoms with van der Waals surface area (Å²) in [5.41, 5.74) is 2.49. The first-order valence-electron chi connectivity index (χ1n) is 5.76. The maximum Gasteiger partial charge on any atom is 0.309 e. The maximum atomic E-state index is 11.5. The zero-order chi connectivity index (χ0) is 11.7. The van der Waals surface area contributed by atoms with Crippen molar-refractivity contribution in [3.05, 3.63) is 17.5 Å². The predicted octanol–water partition coefficient (Wildman–Crippen LogP) is 1.74. The molecule has 0 bridgehead atoms. The molecule has 16 heavy (non-hydrogen) atoms. The Bertz CT molecular complexity index is 396. The van der Waals surface area contributed by atoms with Crippen LogP contribution in [0.5, 0.6) is 0 Å². The predicted molar refractivity (Wildman–Crippen MR) is 60.1 cm³/mol. The molecule has 4 heteroatoms. The van der Waals surface area contributed by atoms with Crippen molar-refractivity contribution in [2.75, 3.05) is 7.11 Å². The average Bonchev–Trinajstić information content (AvgIpc) is 2.70. The Kier molecular flexibility index (Phi) is 2.99. The van der Waals surface area contributed by atoms with Crippen LogP contribution in [0.1, 0.15) is 37.6 Å². The van der Waals surface area contributed by atoms with E-state index >= 15 is 0 Å². The van der Waals surface area contributed by atoms with Crippen LogP contribution in [-0.2, 0) is 22.4 Å². The number of carbonyl (C=O) groups is 1. The molecule has 4 nitrogen and oxygen atoms in total. The second kappa shape index (κ2) is 4.28. The van der Waals surface area contributed by atoms with Crippen LogP contribution in [0.15, 0.2) is 6.20 Å². The number of ether oxygens (including phenoxy) is 1. The van der Waals surface area contributed by atoms with Crippen LogP contribution in [0.2, 0.25) is 0 Å². The smallest absolute Gasteiger partial charge is 0.309 e. The van der Waals surface area contributed by atoms with Crippen molar-refractivity contribution in [2.24, 2.45) is 5.92 Å². The Morgan fingerprint density at radius 1 is 1.62 bits per heavy atom. The molecule has 0 unspecified atom stereocenters. The van der Waals surface area contributed by atoms with E-state index in [1.165, 1.54) is 18.4 Å². The summed E-state index contributed by atoms with van der Waals surface area (Å²) in [5.74, 6) is -0.0785. The van der Waals surface area contributed by atoms with Crippen LogP contribution in [0.25, 0.3) is 0 Å². The fraction of sp³-hybridized carbons (Fsp3) is 0.667. The number of fused-ring (bicyclic) bond motifs is 1. The molecule has 2 rings (SSSR count). The SMILES string of the molecule is COC(=O)[C@H]1CCc2c(cnn2C(C)C)C1. The van der Waals surface area contributed by atoms with Gasteiger partial charge in [0.2, 0.25) is 0 Å². The van der Waals surface area contributed by atoms with Crippen LogP contribution in [0, 0.1) is 5.92 Å². The highest BCUT2D eigenvalue weighted by Gasteiger charge is 2.28. The molecule has 0 spiro atoms. The van der Waals surface area contributed by atoms with Crippen LogP contribution >= 0.6 is 0 Å². The first-order chi connectivity index (χ1) is 7.63. The van der Waals surface area contributed by atoms with E-state index in [-0.39, 0.29) is 11.9 Å². The fourth-order valence-electron chi connectivity index (χ4n) is 2.36. The second-order valence-electron chi connectivity index (χ2n) is 4.62. The molecular formula is C12H18N2O2. The summed E-state index contributed by atoms with van der Waals surface area (Å²) in [4.78, 5) is 11.5. The van der Waals surface area contributed by atoms with Gasteiger partial charge in [-0.2, -0.15) is 5.10 Å². The first-order valence-corrected chi connectivity index (χ1v) is 5.76. The van der Waals surface area contributed by atoms with E-state index in [1.54, 1.807) is 0 Å². The van der Waals surface area contributed by atoms with Gasteiger partial charge in [0, 0.05) is 11.7 Å². The number of hydrogen-bond acceptors (Lipinski definition) is 3. The van der Waals surface area contributed by atoms with Crippen molar-refractivity contribution in [1.82, 2.24) is 9.78 Å². The molecule has 1 aromatic rings. The lowest BCUT2D eigenvalue weighted by molar-refractivity contribution is -0.145. The van der Waals surface area contributed by atoms with Crippen molar-refractivity contribution in [1.29, 1.82) is 0 Å². The molecule has 0 N–H and O–H groups in total. The molecule has 1 aliphatic rings. The lowest BCUT2D eigenvalue weighted by Crippen LogP contribution is -2.24. The highest BCUT2D eigenvalue weighted by molar-refractivity contribution is 5.73. The van der Waals surface area contributed by atoms with E-state index in [0.717, 1.165) is 19.3 Å². The van der Waals surface area contributed by atoms with Crippen LogP contribution < -0.4 is 0 Å². The molecule has 1 heterocycles. The molecule has 88 valence electrons. The number of methoxy groups -OCH3 is 1. The Hall–Kier alpha value is -1.32. The number of carbonyl (C=O) groups excluding carboxylic acids is 1. The van der Waals surface area contributed by atoms with Gasteiger partial charge in [-0.1, -0.05) is 0 Å². The zero-order valence-electron chi connectivity index (χ0n) is 10.1. The van der Waals surface area contributed by atoms with Gasteiger partial charge in [0.05, 0.1) is 19.2 Å². The van der Waals surface area contributed by atoms with Crippen molar-refractivity contribution >= 4 is 5.97 Å². The Morgan fingerprint density at radius 2 is 2.38 bits per heavy atom. The second-order valence-corrected chi connectivity index (χ2v) is 4.62. The third-order valence-electron chi connectivity index (χ3n) is 3.20. The molecule has 1 aromatic heterocycles. The van der Waals surface area contributed by atoms with Gasteiger partial charge < -0.3 is 4.74 Å². The average molecular weight is 222 g/mol. The minimum absolute atomic E-state index is 0.0160. The molecule has 0 amide bonds. The summed E-state index contributed by atoms with van der Waals surface area (Å²) < 4.78 is 6.85. The normalized spacial score (nSPS) is 19.6. The Balaban J connectivity index is 2.20. The molecule has 1 aliphatic carbocycles. The fourth-order valence-corrected chi connectivity index (χ4v) is 2.36. The molecular weight excluding hydrogens is 204 g/mol. The number of rotatable bonds is 2. The molecule has 0 aliphatic heterocycles. The standard InChI is InChI=1S/C12H18N2O2/c1-8(2)14-11-5-4-9(12(15)16-3)6-10(11)7-13-14/h7-9H,4-6H2,1-3H3/t9-/m0/s1. The van der Waals surface area contributed by atoms with Gasteiger partial charge in [0.15, 0.2) is 0 Å². The molecule has 0 saturated carbocycles. The number of hydrogen-bond donors (Lipinski definition) is 0. The van der Waals surface area contributed by atoms with E-state index in [9.17, 15) is 4.79 Å². The third kappa shape index (κ3) is 1.84. The van der Waals surface area contributed by atoms with E-state index < -0.39 is 0 Å². The zero-order valence-corrected chi connectivity index (χ0v) is 10.1. The van der Waals surface area contributed by atoms with E-state index in [4.69, 9.17) is 4.74 Å². The van der Waals surface area contributed by atoms with Gasteiger partial charge in [-0.05, 0) is 38.7 Å². The largest absolute Gasteiger partial charge is 0.469 e. The minimum Gasteiger partial charge on any atom is -0.469 e. The summed E-state index contributed by atoms with van der Waals surface area (Å²) in [6, 6.07) is 0.387. The molecule has 0 radical (unpaired) electrons. The number of esters is 1. The minimum atomic E-state index is -0.0945. The van der Waals surface area contributed by atoms with E-state index in [1.807, 2.05) is 6.20 Å². The molecule has 0 saturated heterocycles. The van der Waals surface area contributed by atoms with Crippen LogP contribution in [0.3, 0.4) is 0 Å². The molecule has 0 fully saturated rings.